The van der Waals surface area contributed by atoms with E-state index >= 15 is 0 Å². The molecule has 2 rings (SSSR count). The quantitative estimate of drug-likeness (QED) is 0.740. The highest BCUT2D eigenvalue weighted by Crippen LogP contribution is 2.30. The van der Waals surface area contributed by atoms with Crippen molar-refractivity contribution in [1.82, 2.24) is 10.2 Å². The highest BCUT2D eigenvalue weighted by atomic mass is 16.2. The van der Waals surface area contributed by atoms with Gasteiger partial charge in [-0.15, -0.1) is 0 Å². The molecule has 0 aromatic rings. The Bertz CT molecular complexity index is 220. The molecule has 86 valence electrons. The summed E-state index contributed by atoms with van der Waals surface area (Å²) in [6.07, 6.45) is 4.59. The molecule has 2 aliphatic rings. The lowest BCUT2D eigenvalue weighted by molar-refractivity contribution is -0.132. The van der Waals surface area contributed by atoms with Crippen molar-refractivity contribution in [3.05, 3.63) is 0 Å². The Hall–Kier alpha value is -0.570. The number of nitrogens with one attached hydrogen (secondary N) is 1. The summed E-state index contributed by atoms with van der Waals surface area (Å²) in [6.45, 7) is 6.11. The monoisotopic (exact) mass is 210 g/mol. The van der Waals surface area contributed by atoms with Crippen LogP contribution in [0.15, 0.2) is 0 Å². The topological polar surface area (TPSA) is 32.3 Å². The Morgan fingerprint density at radius 2 is 2.13 bits per heavy atom. The highest BCUT2D eigenvalue weighted by molar-refractivity contribution is 5.76. The zero-order valence-electron chi connectivity index (χ0n) is 9.67. The smallest absolute Gasteiger partial charge is 0.222 e. The van der Waals surface area contributed by atoms with Gasteiger partial charge >= 0.3 is 0 Å². The van der Waals surface area contributed by atoms with E-state index in [1.54, 1.807) is 0 Å². The first-order chi connectivity index (χ1) is 7.29. The average molecular weight is 210 g/mol. The highest BCUT2D eigenvalue weighted by Gasteiger charge is 2.27. The van der Waals surface area contributed by atoms with Crippen molar-refractivity contribution in [3.63, 3.8) is 0 Å². The number of carbonyl (C=O) groups is 1. The first-order valence-electron chi connectivity index (χ1n) is 6.28. The molecule has 1 aliphatic carbocycles. The van der Waals surface area contributed by atoms with Crippen molar-refractivity contribution in [2.24, 2.45) is 11.8 Å². The number of hydrogen-bond donors (Lipinski definition) is 1. The van der Waals surface area contributed by atoms with E-state index in [9.17, 15) is 4.79 Å². The predicted molar refractivity (Wildman–Crippen MR) is 60.6 cm³/mol. The lowest BCUT2D eigenvalue weighted by Gasteiger charge is -2.22. The first kappa shape index (κ1) is 10.9. The van der Waals surface area contributed by atoms with Gasteiger partial charge in [-0.3, -0.25) is 4.79 Å². The Morgan fingerprint density at radius 1 is 1.33 bits per heavy atom. The van der Waals surface area contributed by atoms with Gasteiger partial charge in [0.25, 0.3) is 0 Å². The Kier molecular flexibility index (Phi) is 3.62. The van der Waals surface area contributed by atoms with Crippen LogP contribution in [-0.2, 0) is 4.79 Å². The van der Waals surface area contributed by atoms with Gasteiger partial charge in [0.15, 0.2) is 0 Å². The fourth-order valence-corrected chi connectivity index (χ4v) is 2.28. The molecule has 1 amide bonds. The Labute approximate surface area is 92.2 Å². The van der Waals surface area contributed by atoms with Crippen molar-refractivity contribution >= 4 is 5.91 Å². The van der Waals surface area contributed by atoms with Crippen LogP contribution in [0.1, 0.15) is 32.6 Å². The summed E-state index contributed by atoms with van der Waals surface area (Å²) >= 11 is 0. The number of nitrogens with zero attached hydrogens (tertiary/aromatic N) is 1. The summed E-state index contributed by atoms with van der Waals surface area (Å²) in [5.41, 5.74) is 0. The molecule has 1 aliphatic heterocycles. The van der Waals surface area contributed by atoms with Crippen LogP contribution in [0.4, 0.5) is 0 Å². The largest absolute Gasteiger partial charge is 0.343 e. The molecular weight excluding hydrogens is 188 g/mol. The van der Waals surface area contributed by atoms with Crippen LogP contribution < -0.4 is 5.32 Å². The number of rotatable bonds is 5. The van der Waals surface area contributed by atoms with E-state index in [1.165, 1.54) is 19.3 Å². The molecule has 0 aromatic carbocycles. The molecule has 0 spiro atoms. The lowest BCUT2D eigenvalue weighted by atomic mass is 10.0. The summed E-state index contributed by atoms with van der Waals surface area (Å²) in [5, 5.41) is 3.32. The Balaban J connectivity index is 1.75. The molecule has 1 heterocycles. The van der Waals surface area contributed by atoms with Crippen LogP contribution in [0, 0.1) is 11.8 Å². The minimum absolute atomic E-state index is 0.373. The zero-order chi connectivity index (χ0) is 10.7. The van der Waals surface area contributed by atoms with Gasteiger partial charge in [-0.2, -0.15) is 0 Å². The molecule has 0 bridgehead atoms. The third-order valence-electron chi connectivity index (χ3n) is 3.54. The molecule has 1 N–H and O–H groups in total. The van der Waals surface area contributed by atoms with Gasteiger partial charge in [0.1, 0.15) is 0 Å². The lowest BCUT2D eigenvalue weighted by Crippen LogP contribution is -2.34. The van der Waals surface area contributed by atoms with Crippen molar-refractivity contribution < 1.29 is 4.79 Å². The summed E-state index contributed by atoms with van der Waals surface area (Å²) in [4.78, 5) is 14.0. The molecule has 3 nitrogen and oxygen atoms in total. The van der Waals surface area contributed by atoms with Crippen LogP contribution in [-0.4, -0.2) is 37.0 Å². The maximum atomic E-state index is 12.0. The minimum atomic E-state index is 0.373. The van der Waals surface area contributed by atoms with Crippen LogP contribution >= 0.6 is 0 Å². The third-order valence-corrected chi connectivity index (χ3v) is 3.54. The number of carbonyl (C=O) groups excluding carboxylic acids is 1. The zero-order valence-corrected chi connectivity index (χ0v) is 9.67. The average Bonchev–Trinajstić information content (AvgIpc) is 2.91. The second-order valence-electron chi connectivity index (χ2n) is 4.94. The van der Waals surface area contributed by atoms with E-state index in [-0.39, 0.29) is 0 Å². The van der Waals surface area contributed by atoms with E-state index in [0.717, 1.165) is 38.5 Å². The SMILES string of the molecule is CCN(CC1CC1)C(=O)CC1CCNC1. The van der Waals surface area contributed by atoms with Gasteiger partial charge < -0.3 is 10.2 Å². The summed E-state index contributed by atoms with van der Waals surface area (Å²) < 4.78 is 0. The normalized spacial score (nSPS) is 25.5. The maximum absolute atomic E-state index is 12.0. The molecule has 1 saturated heterocycles. The molecule has 0 aromatic heterocycles. The standard InChI is InChI=1S/C12H22N2O/c1-2-14(9-10-3-4-10)12(15)7-11-5-6-13-8-11/h10-11,13H,2-9H2,1H3. The molecule has 1 unspecified atom stereocenters. The molecule has 3 heteroatoms. The molecule has 15 heavy (non-hydrogen) atoms. The van der Waals surface area contributed by atoms with Gasteiger partial charge in [-0.1, -0.05) is 0 Å². The fourth-order valence-electron chi connectivity index (χ4n) is 2.28. The van der Waals surface area contributed by atoms with Crippen LogP contribution in [0.3, 0.4) is 0 Å². The second kappa shape index (κ2) is 4.97. The molecule has 2 fully saturated rings. The molecule has 1 saturated carbocycles. The van der Waals surface area contributed by atoms with E-state index in [0.29, 0.717) is 11.8 Å². The van der Waals surface area contributed by atoms with Gasteiger partial charge in [-0.25, -0.2) is 0 Å². The minimum Gasteiger partial charge on any atom is -0.343 e. The summed E-state index contributed by atoms with van der Waals surface area (Å²) in [5.74, 6) is 1.78. The third kappa shape index (κ3) is 3.20. The van der Waals surface area contributed by atoms with Crippen molar-refractivity contribution in [2.45, 2.75) is 32.6 Å². The predicted octanol–water partition coefficient (Wildman–Crippen LogP) is 1.24. The molecule has 1 atom stereocenters. The summed E-state index contributed by atoms with van der Waals surface area (Å²) in [7, 11) is 0. The number of hydrogen-bond acceptors (Lipinski definition) is 2. The van der Waals surface area contributed by atoms with E-state index < -0.39 is 0 Å². The van der Waals surface area contributed by atoms with Crippen molar-refractivity contribution in [2.75, 3.05) is 26.2 Å². The van der Waals surface area contributed by atoms with Crippen molar-refractivity contribution in [1.29, 1.82) is 0 Å². The molecular formula is C12H22N2O. The van der Waals surface area contributed by atoms with Gasteiger partial charge in [0, 0.05) is 19.5 Å². The van der Waals surface area contributed by atoms with Gasteiger partial charge in [0.05, 0.1) is 0 Å². The van der Waals surface area contributed by atoms with Crippen LogP contribution in [0.5, 0.6) is 0 Å². The van der Waals surface area contributed by atoms with Crippen LogP contribution in [0.25, 0.3) is 0 Å². The second-order valence-corrected chi connectivity index (χ2v) is 4.94. The van der Waals surface area contributed by atoms with E-state index in [4.69, 9.17) is 0 Å². The fraction of sp³-hybridized carbons (Fsp3) is 0.917. The summed E-state index contributed by atoms with van der Waals surface area (Å²) in [6, 6.07) is 0. The maximum Gasteiger partial charge on any atom is 0.222 e. The number of amides is 1. The van der Waals surface area contributed by atoms with E-state index in [1.807, 2.05) is 0 Å². The van der Waals surface area contributed by atoms with Gasteiger partial charge in [0.2, 0.25) is 5.91 Å². The van der Waals surface area contributed by atoms with Gasteiger partial charge in [-0.05, 0) is 51.1 Å². The Morgan fingerprint density at radius 3 is 2.67 bits per heavy atom. The first-order valence-corrected chi connectivity index (χ1v) is 6.28. The van der Waals surface area contributed by atoms with Crippen LogP contribution in [0.2, 0.25) is 0 Å². The van der Waals surface area contributed by atoms with E-state index in [2.05, 4.69) is 17.1 Å². The molecule has 0 radical (unpaired) electrons. The van der Waals surface area contributed by atoms with Crippen molar-refractivity contribution in [3.8, 4) is 0 Å².